The molecule has 2 heterocycles. The third-order valence-corrected chi connectivity index (χ3v) is 9.94. The van der Waals surface area contributed by atoms with E-state index in [2.05, 4.69) is 10.2 Å². The number of nitro groups is 1. The van der Waals surface area contributed by atoms with Gasteiger partial charge in [-0.15, -0.1) is 0 Å². The summed E-state index contributed by atoms with van der Waals surface area (Å²) in [6.45, 7) is 4.85. The van der Waals surface area contributed by atoms with E-state index in [1.165, 1.54) is 49.6 Å². The number of Topliss-reactive ketones (excluding diaryl/α,β-unsaturated/α-hetero) is 1. The Kier molecular flexibility index (Phi) is 10.2. The van der Waals surface area contributed by atoms with E-state index in [-0.39, 0.29) is 42.4 Å². The molecule has 2 saturated heterocycles. The summed E-state index contributed by atoms with van der Waals surface area (Å²) in [5.41, 5.74) is -2.84. The number of hydrogen-bond donors (Lipinski definition) is 3. The van der Waals surface area contributed by atoms with Crippen LogP contribution in [-0.4, -0.2) is 83.2 Å². The molecule has 44 heavy (non-hydrogen) atoms. The molecule has 238 valence electrons. The number of likely N-dealkylation sites (tertiary alicyclic amines) is 1. The number of hydrogen-bond acceptors (Lipinski definition) is 8. The van der Waals surface area contributed by atoms with Crippen LogP contribution in [0.2, 0.25) is 0 Å². The number of carbonyl (C=O) groups excluding carboxylic acids is 1. The Balaban J connectivity index is 1.68. The quantitative estimate of drug-likeness (QED) is 0.178. The highest BCUT2D eigenvalue weighted by Crippen LogP contribution is 2.58. The van der Waals surface area contributed by atoms with E-state index in [1.807, 2.05) is 0 Å². The molecule has 2 aromatic rings. The number of nitro benzene ring substituents is 1. The van der Waals surface area contributed by atoms with Crippen LogP contribution in [0.4, 0.5) is 10.1 Å². The number of nitrogens with one attached hydrogen (secondary N) is 1. The summed E-state index contributed by atoms with van der Waals surface area (Å²) in [4.78, 5) is 53.0. The van der Waals surface area contributed by atoms with Gasteiger partial charge in [-0.1, -0.05) is 12.1 Å². The van der Waals surface area contributed by atoms with Crippen molar-refractivity contribution in [2.24, 2.45) is 16.7 Å². The molecule has 0 amide bonds. The molecule has 2 aromatic carbocycles. The Bertz CT molecular complexity index is 1380. The molecule has 0 aromatic heterocycles. The van der Waals surface area contributed by atoms with Gasteiger partial charge in [0.15, 0.2) is 5.78 Å². The van der Waals surface area contributed by atoms with Crippen LogP contribution >= 0.6 is 0 Å². The molecule has 5 unspecified atom stereocenters. The molecule has 3 N–H and O–H groups in total. The molecule has 0 radical (unpaired) electrons. The highest BCUT2D eigenvalue weighted by atomic mass is 19.1. The van der Waals surface area contributed by atoms with Crippen molar-refractivity contribution in [3.8, 4) is 0 Å². The van der Waals surface area contributed by atoms with Crippen LogP contribution in [0, 0.1) is 32.7 Å². The van der Waals surface area contributed by atoms with Crippen LogP contribution in [0.15, 0.2) is 48.5 Å². The second-order valence-corrected chi connectivity index (χ2v) is 12.1. The molecule has 0 aliphatic carbocycles. The van der Waals surface area contributed by atoms with Gasteiger partial charge in [-0.3, -0.25) is 24.5 Å². The number of carboxylic acid groups (broad SMARTS) is 2. The monoisotopic (exact) mass is 613 g/mol. The smallest absolute Gasteiger partial charge is 0.311 e. The minimum absolute atomic E-state index is 0.0149. The molecule has 5 atom stereocenters. The van der Waals surface area contributed by atoms with Gasteiger partial charge in [0.05, 0.1) is 15.8 Å². The first-order chi connectivity index (χ1) is 20.9. The predicted octanol–water partition coefficient (Wildman–Crippen LogP) is 4.36. The van der Waals surface area contributed by atoms with Crippen LogP contribution in [0.3, 0.4) is 0 Å². The van der Waals surface area contributed by atoms with Crippen LogP contribution in [0.25, 0.3) is 0 Å². The molecular weight excluding hydrogens is 573 g/mol. The van der Waals surface area contributed by atoms with Gasteiger partial charge in [0.1, 0.15) is 5.82 Å². The average molecular weight is 614 g/mol. The van der Waals surface area contributed by atoms with Gasteiger partial charge in [-0.05, 0) is 89.0 Å². The number of methoxy groups -OCH3 is 1. The Labute approximate surface area is 255 Å². The summed E-state index contributed by atoms with van der Waals surface area (Å²) in [6, 6.07) is 9.74. The van der Waals surface area contributed by atoms with Crippen molar-refractivity contribution >= 4 is 23.4 Å². The maximum atomic E-state index is 13.5. The fraction of sp³-hybridized carbons (Fsp3) is 0.531. The summed E-state index contributed by atoms with van der Waals surface area (Å²) < 4.78 is 18.6. The first-order valence-corrected chi connectivity index (χ1v) is 14.9. The fourth-order valence-corrected chi connectivity index (χ4v) is 7.48. The maximum Gasteiger partial charge on any atom is 0.311 e. The Hall–Kier alpha value is -3.74. The van der Waals surface area contributed by atoms with Crippen LogP contribution in [-0.2, 0) is 14.3 Å². The number of non-ortho nitro benzene ring substituents is 1. The largest absolute Gasteiger partial charge is 0.481 e. The van der Waals surface area contributed by atoms with E-state index in [9.17, 15) is 39.1 Å². The SMILES string of the molecule is COCCC1(C(=O)O)C(C)NC(C)C(CCN2CCC(C(=O)c3ccc(F)cc3)CC2)(C(=O)O)C1c1cccc([N+](=O)[O-])c1. The third kappa shape index (κ3) is 6.11. The first-order valence-electron chi connectivity index (χ1n) is 14.9. The van der Waals surface area contributed by atoms with Crippen molar-refractivity contribution < 1.29 is 38.6 Å². The second kappa shape index (κ2) is 13.5. The maximum absolute atomic E-state index is 13.5. The standard InChI is InChI=1S/C32H40FN3O8/c1-20-31(29(38)39,13-17-35-15-11-23(12-16-35)27(37)22-7-9-25(33)10-8-22)28(24-5-4-6-26(19-24)36(42)43)32(30(40)41,14-18-44-3)21(2)34-20/h4-10,19-21,23,28,34H,11-18H2,1-3H3,(H,38,39)(H,40,41). The van der Waals surface area contributed by atoms with E-state index in [1.54, 1.807) is 19.9 Å². The second-order valence-electron chi connectivity index (χ2n) is 12.1. The number of carboxylic acids is 2. The molecule has 0 bridgehead atoms. The van der Waals surface area contributed by atoms with E-state index in [0.717, 1.165) is 0 Å². The highest BCUT2D eigenvalue weighted by Gasteiger charge is 2.66. The normalized spacial score (nSPS) is 28.0. The Morgan fingerprint density at radius 1 is 1.02 bits per heavy atom. The lowest BCUT2D eigenvalue weighted by atomic mass is 9.49. The molecule has 0 saturated carbocycles. The van der Waals surface area contributed by atoms with Crippen molar-refractivity contribution in [1.29, 1.82) is 0 Å². The molecule has 11 nitrogen and oxygen atoms in total. The number of aliphatic carboxylic acids is 2. The van der Waals surface area contributed by atoms with Crippen molar-refractivity contribution in [1.82, 2.24) is 10.2 Å². The number of ether oxygens (including phenoxy) is 1. The van der Waals surface area contributed by atoms with Gasteiger partial charge in [0.2, 0.25) is 0 Å². The summed E-state index contributed by atoms with van der Waals surface area (Å²) in [5.74, 6) is -4.24. The van der Waals surface area contributed by atoms with Crippen LogP contribution in [0.5, 0.6) is 0 Å². The van der Waals surface area contributed by atoms with Gasteiger partial charge >= 0.3 is 11.9 Å². The number of benzene rings is 2. The molecule has 0 spiro atoms. The fourth-order valence-electron chi connectivity index (χ4n) is 7.48. The first kappa shape index (κ1) is 33.2. The van der Waals surface area contributed by atoms with Gasteiger partial charge in [-0.2, -0.15) is 0 Å². The van der Waals surface area contributed by atoms with E-state index in [4.69, 9.17) is 4.74 Å². The number of rotatable bonds is 12. The van der Waals surface area contributed by atoms with Crippen molar-refractivity contribution in [2.45, 2.75) is 57.5 Å². The lowest BCUT2D eigenvalue weighted by molar-refractivity contribution is -0.385. The summed E-state index contributed by atoms with van der Waals surface area (Å²) in [6.07, 6.45) is 1.14. The summed E-state index contributed by atoms with van der Waals surface area (Å²) in [5, 5.41) is 36.8. The number of piperidine rings is 2. The number of carbonyl (C=O) groups is 3. The molecule has 4 rings (SSSR count). The van der Waals surface area contributed by atoms with Gasteiger partial charge in [0, 0.05) is 55.3 Å². The Morgan fingerprint density at radius 2 is 1.61 bits per heavy atom. The molecule has 2 aliphatic rings. The number of ketones is 1. The zero-order valence-corrected chi connectivity index (χ0v) is 25.2. The summed E-state index contributed by atoms with van der Waals surface area (Å²) >= 11 is 0. The van der Waals surface area contributed by atoms with Crippen LogP contribution < -0.4 is 5.32 Å². The van der Waals surface area contributed by atoms with Gasteiger partial charge in [-0.25, -0.2) is 4.39 Å². The average Bonchev–Trinajstić information content (AvgIpc) is 3.00. The van der Waals surface area contributed by atoms with Gasteiger partial charge < -0.3 is 25.2 Å². The minimum atomic E-state index is -1.66. The zero-order chi connectivity index (χ0) is 32.2. The zero-order valence-electron chi connectivity index (χ0n) is 25.2. The molecule has 12 heteroatoms. The van der Waals surface area contributed by atoms with E-state index >= 15 is 0 Å². The van der Waals surface area contributed by atoms with E-state index < -0.39 is 51.5 Å². The highest BCUT2D eigenvalue weighted by molar-refractivity contribution is 5.97. The van der Waals surface area contributed by atoms with Gasteiger partial charge in [0.25, 0.3) is 5.69 Å². The molecule has 2 fully saturated rings. The lowest BCUT2D eigenvalue weighted by Crippen LogP contribution is -2.70. The van der Waals surface area contributed by atoms with Crippen molar-refractivity contribution in [2.75, 3.05) is 33.4 Å². The third-order valence-electron chi connectivity index (χ3n) is 9.94. The topological polar surface area (TPSA) is 159 Å². The number of nitrogens with zero attached hydrogens (tertiary/aromatic N) is 2. The van der Waals surface area contributed by atoms with Crippen molar-refractivity contribution in [3.63, 3.8) is 0 Å². The minimum Gasteiger partial charge on any atom is -0.481 e. The Morgan fingerprint density at radius 3 is 2.16 bits per heavy atom. The van der Waals surface area contributed by atoms with Crippen LogP contribution in [0.1, 0.15) is 61.4 Å². The van der Waals surface area contributed by atoms with E-state index in [0.29, 0.717) is 38.0 Å². The molecular formula is C32H40FN3O8. The van der Waals surface area contributed by atoms with Crippen molar-refractivity contribution in [3.05, 3.63) is 75.6 Å². The molecule has 2 aliphatic heterocycles. The number of halogens is 1. The lowest BCUT2D eigenvalue weighted by Gasteiger charge is -2.57. The predicted molar refractivity (Wildman–Crippen MR) is 159 cm³/mol. The summed E-state index contributed by atoms with van der Waals surface area (Å²) in [7, 11) is 1.44.